The molecule has 0 saturated heterocycles. The summed E-state index contributed by atoms with van der Waals surface area (Å²) in [5.41, 5.74) is 3.11. The maximum Gasteiger partial charge on any atom is 0.257 e. The number of fused-ring (bicyclic) bond motifs is 1. The summed E-state index contributed by atoms with van der Waals surface area (Å²) in [4.78, 5) is 36.8. The van der Waals surface area contributed by atoms with Crippen LogP contribution in [0.4, 0.5) is 0 Å². The minimum absolute atomic E-state index is 0.158. The van der Waals surface area contributed by atoms with E-state index in [1.165, 1.54) is 24.5 Å². The molecule has 1 aliphatic heterocycles. The Labute approximate surface area is 206 Å². The van der Waals surface area contributed by atoms with Crippen molar-refractivity contribution in [3.05, 3.63) is 92.8 Å². The Bertz CT molecular complexity index is 1360. The van der Waals surface area contributed by atoms with Crippen LogP contribution in [0, 0.1) is 0 Å². The summed E-state index contributed by atoms with van der Waals surface area (Å²) < 4.78 is 9.29. The molecule has 180 valence electrons. The largest absolute Gasteiger partial charge is 0.496 e. The number of hydrogen-bond acceptors (Lipinski definition) is 7. The quantitative estimate of drug-likeness (QED) is 0.428. The van der Waals surface area contributed by atoms with E-state index in [0.29, 0.717) is 56.2 Å². The van der Waals surface area contributed by atoms with Crippen LogP contribution in [0.1, 0.15) is 26.8 Å². The van der Waals surface area contributed by atoms with E-state index >= 15 is 0 Å². The summed E-state index contributed by atoms with van der Waals surface area (Å²) in [6.07, 6.45) is 7.89. The monoisotopic (exact) mass is 490 g/mol. The third-order valence-electron chi connectivity index (χ3n) is 6.16. The van der Waals surface area contributed by atoms with Gasteiger partial charge in [-0.2, -0.15) is 0 Å². The maximum atomic E-state index is 13.2. The lowest BCUT2D eigenvalue weighted by Gasteiger charge is -2.20. The van der Waals surface area contributed by atoms with E-state index in [-0.39, 0.29) is 11.5 Å². The van der Waals surface area contributed by atoms with Crippen LogP contribution in [0.2, 0.25) is 0 Å². The molecule has 1 amide bonds. The fraction of sp³-hybridized carbons (Fsp3) is 0.280. The number of nitrogens with zero attached hydrogens (tertiary/aromatic N) is 5. The number of carbonyl (C=O) groups excluding carboxylic acids is 1. The lowest BCUT2D eigenvalue weighted by Crippen LogP contribution is -2.31. The van der Waals surface area contributed by atoms with E-state index in [1.54, 1.807) is 17.0 Å². The smallest absolute Gasteiger partial charge is 0.257 e. The Balaban J connectivity index is 1.38. The van der Waals surface area contributed by atoms with Crippen molar-refractivity contribution in [1.29, 1.82) is 0 Å². The van der Waals surface area contributed by atoms with Crippen LogP contribution in [0.3, 0.4) is 0 Å². The molecule has 1 aliphatic rings. The molecule has 4 aromatic heterocycles. The first kappa shape index (κ1) is 23.0. The van der Waals surface area contributed by atoms with Crippen LogP contribution >= 0.6 is 11.3 Å². The summed E-state index contributed by atoms with van der Waals surface area (Å²) >= 11 is 1.48. The third kappa shape index (κ3) is 4.89. The van der Waals surface area contributed by atoms with Crippen molar-refractivity contribution in [3.8, 4) is 11.4 Å². The predicted molar refractivity (Wildman–Crippen MR) is 133 cm³/mol. The van der Waals surface area contributed by atoms with E-state index in [9.17, 15) is 9.59 Å². The second kappa shape index (κ2) is 10.2. The lowest BCUT2D eigenvalue weighted by atomic mass is 10.1. The van der Waals surface area contributed by atoms with Crippen LogP contribution in [0.15, 0.2) is 65.3 Å². The minimum Gasteiger partial charge on any atom is -0.496 e. The molecule has 35 heavy (non-hydrogen) atoms. The van der Waals surface area contributed by atoms with Crippen molar-refractivity contribution in [3.63, 3.8) is 0 Å². The zero-order valence-corrected chi connectivity index (χ0v) is 20.2. The summed E-state index contributed by atoms with van der Waals surface area (Å²) in [5.74, 6) is 0.0384. The van der Waals surface area contributed by atoms with Gasteiger partial charge in [-0.15, -0.1) is 11.3 Å². The highest BCUT2D eigenvalue weighted by atomic mass is 32.1. The van der Waals surface area contributed by atoms with Gasteiger partial charge in [-0.05, 0) is 24.3 Å². The van der Waals surface area contributed by atoms with Crippen LogP contribution in [0.5, 0.6) is 5.75 Å². The van der Waals surface area contributed by atoms with Gasteiger partial charge in [0.2, 0.25) is 0 Å². The van der Waals surface area contributed by atoms with Gasteiger partial charge in [0, 0.05) is 74.0 Å². The Kier molecular flexibility index (Phi) is 6.73. The number of ether oxygens (including phenoxy) is 1. The fourth-order valence-corrected chi connectivity index (χ4v) is 5.02. The standard InChI is InChI=1S/C25H26N6O3S/c1-34-21-14-23(32)31-12-11-29(17-19-5-3-9-30(19)18-4-2-7-26-15-18)10-6-20(31)24(21)25(33)28-16-22-27-8-13-35-22/h2-5,7-9,13-15H,6,10-12,16-17H2,1H3,(H,28,33). The van der Waals surface area contributed by atoms with Gasteiger partial charge >= 0.3 is 0 Å². The molecular weight excluding hydrogens is 464 g/mol. The van der Waals surface area contributed by atoms with E-state index in [1.807, 2.05) is 36.0 Å². The fourth-order valence-electron chi connectivity index (χ4n) is 4.46. The Hall–Kier alpha value is -3.76. The molecule has 0 aromatic carbocycles. The number of amides is 1. The average molecular weight is 491 g/mol. The Morgan fingerprint density at radius 2 is 2.11 bits per heavy atom. The van der Waals surface area contributed by atoms with Gasteiger partial charge in [0.05, 0.1) is 25.5 Å². The van der Waals surface area contributed by atoms with Gasteiger partial charge in [-0.25, -0.2) is 4.98 Å². The molecule has 0 aliphatic carbocycles. The molecule has 5 heterocycles. The Morgan fingerprint density at radius 3 is 2.89 bits per heavy atom. The highest BCUT2D eigenvalue weighted by Crippen LogP contribution is 2.24. The van der Waals surface area contributed by atoms with Crippen molar-refractivity contribution in [1.82, 2.24) is 29.3 Å². The van der Waals surface area contributed by atoms with Gasteiger partial charge in [0.25, 0.3) is 11.5 Å². The van der Waals surface area contributed by atoms with Crippen LogP contribution in [0.25, 0.3) is 5.69 Å². The predicted octanol–water partition coefficient (Wildman–Crippen LogP) is 2.49. The van der Waals surface area contributed by atoms with Crippen molar-refractivity contribution in [2.45, 2.75) is 26.1 Å². The molecule has 0 atom stereocenters. The average Bonchev–Trinajstić information content (AvgIpc) is 3.52. The first-order valence-electron chi connectivity index (χ1n) is 11.4. The van der Waals surface area contributed by atoms with Crippen molar-refractivity contribution >= 4 is 17.2 Å². The van der Waals surface area contributed by atoms with E-state index < -0.39 is 0 Å². The number of methoxy groups -OCH3 is 1. The minimum atomic E-state index is -0.264. The summed E-state index contributed by atoms with van der Waals surface area (Å²) in [7, 11) is 1.49. The maximum absolute atomic E-state index is 13.2. The number of thiazole rings is 1. The summed E-state index contributed by atoms with van der Waals surface area (Å²) in [6.45, 7) is 2.94. The zero-order valence-electron chi connectivity index (χ0n) is 19.4. The van der Waals surface area contributed by atoms with Gasteiger partial charge < -0.3 is 19.2 Å². The SMILES string of the molecule is COc1cc(=O)n2c(c1C(=O)NCc1nccs1)CCN(Cc1cccn1-c1cccnc1)CC2. The molecule has 5 rings (SSSR count). The van der Waals surface area contributed by atoms with Gasteiger partial charge in [-0.3, -0.25) is 19.5 Å². The third-order valence-corrected chi connectivity index (χ3v) is 6.94. The molecule has 10 heteroatoms. The van der Waals surface area contributed by atoms with Crippen molar-refractivity contribution < 1.29 is 9.53 Å². The second-order valence-corrected chi connectivity index (χ2v) is 9.22. The molecule has 9 nitrogen and oxygen atoms in total. The molecule has 1 N–H and O–H groups in total. The first-order valence-corrected chi connectivity index (χ1v) is 12.3. The van der Waals surface area contributed by atoms with Crippen LogP contribution in [-0.2, 0) is 26.1 Å². The van der Waals surface area contributed by atoms with E-state index in [4.69, 9.17) is 4.74 Å². The highest BCUT2D eigenvalue weighted by molar-refractivity contribution is 7.09. The number of nitrogens with one attached hydrogen (secondary N) is 1. The molecule has 0 bridgehead atoms. The van der Waals surface area contributed by atoms with Crippen LogP contribution in [-0.4, -0.2) is 50.1 Å². The molecule has 0 saturated carbocycles. The van der Waals surface area contributed by atoms with E-state index in [0.717, 1.165) is 16.4 Å². The molecular formula is C25H26N6O3S. The number of pyridine rings is 2. The number of aromatic nitrogens is 4. The summed E-state index contributed by atoms with van der Waals surface area (Å²) in [5, 5.41) is 5.62. The normalized spacial score (nSPS) is 13.7. The van der Waals surface area contributed by atoms with Crippen LogP contribution < -0.4 is 15.6 Å². The molecule has 0 fully saturated rings. The zero-order chi connectivity index (χ0) is 24.2. The Morgan fingerprint density at radius 1 is 1.20 bits per heavy atom. The molecule has 0 unspecified atom stereocenters. The second-order valence-electron chi connectivity index (χ2n) is 8.24. The van der Waals surface area contributed by atoms with Crippen molar-refractivity contribution in [2.75, 3.05) is 20.2 Å². The first-order chi connectivity index (χ1) is 17.1. The van der Waals surface area contributed by atoms with Gasteiger partial charge in [0.1, 0.15) is 16.3 Å². The van der Waals surface area contributed by atoms with E-state index in [2.05, 4.69) is 30.8 Å². The number of hydrogen-bond donors (Lipinski definition) is 1. The topological polar surface area (TPSA) is 94.3 Å². The van der Waals surface area contributed by atoms with Gasteiger partial charge in [0.15, 0.2) is 0 Å². The lowest BCUT2D eigenvalue weighted by molar-refractivity contribution is 0.0945. The highest BCUT2D eigenvalue weighted by Gasteiger charge is 2.25. The number of carbonyl (C=O) groups is 1. The molecule has 0 spiro atoms. The van der Waals surface area contributed by atoms with Gasteiger partial charge in [-0.1, -0.05) is 0 Å². The number of rotatable bonds is 7. The summed E-state index contributed by atoms with van der Waals surface area (Å²) in [6, 6.07) is 9.47. The molecule has 4 aromatic rings. The van der Waals surface area contributed by atoms with Crippen molar-refractivity contribution in [2.24, 2.45) is 0 Å². The molecule has 0 radical (unpaired) electrons.